The van der Waals surface area contributed by atoms with Crippen LogP contribution in [0, 0.1) is 17.6 Å². The number of fused-ring (bicyclic) bond motifs is 1. The van der Waals surface area contributed by atoms with Crippen molar-refractivity contribution in [3.63, 3.8) is 0 Å². The van der Waals surface area contributed by atoms with E-state index in [0.717, 1.165) is 31.7 Å². The van der Waals surface area contributed by atoms with Crippen molar-refractivity contribution >= 4 is 5.91 Å². The molecule has 8 heteroatoms. The molecule has 6 nitrogen and oxygen atoms in total. The van der Waals surface area contributed by atoms with Gasteiger partial charge in [0.25, 0.3) is 5.56 Å². The smallest absolute Gasteiger partial charge is 0.254 e. The molecule has 2 fully saturated rings. The zero-order chi connectivity index (χ0) is 21.5. The van der Waals surface area contributed by atoms with Crippen LogP contribution in [0.4, 0.5) is 8.78 Å². The third-order valence-corrected chi connectivity index (χ3v) is 6.94. The fraction of sp³-hybridized carbons (Fsp3) is 0.522. The summed E-state index contributed by atoms with van der Waals surface area (Å²) in [7, 11) is 0. The highest BCUT2D eigenvalue weighted by Crippen LogP contribution is 2.31. The third kappa shape index (κ3) is 3.89. The van der Waals surface area contributed by atoms with Gasteiger partial charge in [0.15, 0.2) is 11.6 Å². The number of nitrogens with one attached hydrogen (secondary N) is 1. The van der Waals surface area contributed by atoms with E-state index in [9.17, 15) is 18.4 Å². The van der Waals surface area contributed by atoms with Gasteiger partial charge in [-0.25, -0.2) is 13.8 Å². The Kier molecular flexibility index (Phi) is 5.33. The number of amides is 1. The lowest BCUT2D eigenvalue weighted by Crippen LogP contribution is -2.43. The fourth-order valence-corrected chi connectivity index (χ4v) is 4.86. The van der Waals surface area contributed by atoms with Gasteiger partial charge in [-0.2, -0.15) is 0 Å². The molecular formula is C23H26F2N4O2. The molecule has 2 aromatic rings. The van der Waals surface area contributed by atoms with Crippen molar-refractivity contribution in [2.24, 2.45) is 5.92 Å². The molecule has 1 saturated heterocycles. The molecule has 164 valence electrons. The molecule has 5 rings (SSSR count). The molecule has 1 atom stereocenters. The van der Waals surface area contributed by atoms with E-state index in [4.69, 9.17) is 4.98 Å². The number of benzene rings is 1. The van der Waals surface area contributed by atoms with Gasteiger partial charge >= 0.3 is 0 Å². The first-order valence-electron chi connectivity index (χ1n) is 11.1. The summed E-state index contributed by atoms with van der Waals surface area (Å²) in [4.78, 5) is 36.9. The SMILES string of the molecule is O=C(C1CCC1)N1CCc2c(nc([C@@H]3CCN(Cc4cccc(F)c4F)C3)[nH]c2=O)C1. The Morgan fingerprint density at radius 3 is 2.81 bits per heavy atom. The molecule has 1 aliphatic carbocycles. The van der Waals surface area contributed by atoms with Gasteiger partial charge in [-0.1, -0.05) is 18.6 Å². The number of carbonyl (C=O) groups excluding carboxylic acids is 1. The van der Waals surface area contributed by atoms with Crippen LogP contribution in [0.2, 0.25) is 0 Å². The first kappa shape index (κ1) is 20.3. The van der Waals surface area contributed by atoms with E-state index >= 15 is 0 Å². The van der Waals surface area contributed by atoms with Gasteiger partial charge in [-0.15, -0.1) is 0 Å². The van der Waals surface area contributed by atoms with Crippen molar-refractivity contribution in [1.29, 1.82) is 0 Å². The van der Waals surface area contributed by atoms with Crippen LogP contribution < -0.4 is 5.56 Å². The molecular weight excluding hydrogens is 402 g/mol. The zero-order valence-electron chi connectivity index (χ0n) is 17.4. The summed E-state index contributed by atoms with van der Waals surface area (Å²) in [6.07, 6.45) is 4.34. The predicted octanol–water partition coefficient (Wildman–Crippen LogP) is 2.72. The normalized spacial score (nSPS) is 21.7. The first-order chi connectivity index (χ1) is 15.0. The average Bonchev–Trinajstić information content (AvgIpc) is 3.18. The van der Waals surface area contributed by atoms with Gasteiger partial charge in [0.2, 0.25) is 5.91 Å². The van der Waals surface area contributed by atoms with E-state index in [1.54, 1.807) is 6.07 Å². The van der Waals surface area contributed by atoms with E-state index in [0.29, 0.717) is 61.8 Å². The zero-order valence-corrected chi connectivity index (χ0v) is 17.4. The van der Waals surface area contributed by atoms with Crippen molar-refractivity contribution in [2.75, 3.05) is 19.6 Å². The van der Waals surface area contributed by atoms with Crippen LogP contribution in [0.25, 0.3) is 0 Å². The largest absolute Gasteiger partial charge is 0.336 e. The number of aromatic nitrogens is 2. The number of hydrogen-bond acceptors (Lipinski definition) is 4. The van der Waals surface area contributed by atoms with Crippen molar-refractivity contribution in [1.82, 2.24) is 19.8 Å². The van der Waals surface area contributed by atoms with Crippen LogP contribution in [-0.2, 0) is 24.3 Å². The summed E-state index contributed by atoms with van der Waals surface area (Å²) in [5, 5.41) is 0. The third-order valence-electron chi connectivity index (χ3n) is 6.94. The summed E-state index contributed by atoms with van der Waals surface area (Å²) < 4.78 is 27.5. The Morgan fingerprint density at radius 2 is 2.03 bits per heavy atom. The van der Waals surface area contributed by atoms with Crippen molar-refractivity contribution in [3.8, 4) is 0 Å². The molecule has 1 aromatic carbocycles. The van der Waals surface area contributed by atoms with Crippen LogP contribution in [0.5, 0.6) is 0 Å². The number of aromatic amines is 1. The van der Waals surface area contributed by atoms with Gasteiger partial charge in [0.1, 0.15) is 5.82 Å². The van der Waals surface area contributed by atoms with Gasteiger partial charge in [-0.05, 0) is 38.3 Å². The first-order valence-corrected chi connectivity index (χ1v) is 11.1. The Balaban J connectivity index is 1.30. The van der Waals surface area contributed by atoms with E-state index in [-0.39, 0.29) is 23.3 Å². The van der Waals surface area contributed by atoms with Crippen LogP contribution in [0.1, 0.15) is 54.2 Å². The summed E-state index contributed by atoms with van der Waals surface area (Å²) in [5.41, 5.74) is 1.59. The lowest BCUT2D eigenvalue weighted by Gasteiger charge is -2.34. The number of nitrogens with zero attached hydrogens (tertiary/aromatic N) is 3. The number of H-pyrrole nitrogens is 1. The Hall–Kier alpha value is -2.61. The molecule has 1 saturated carbocycles. The highest BCUT2D eigenvalue weighted by molar-refractivity contribution is 5.79. The molecule has 2 aliphatic heterocycles. The van der Waals surface area contributed by atoms with E-state index in [1.165, 1.54) is 6.07 Å². The molecule has 1 N–H and O–H groups in total. The lowest BCUT2D eigenvalue weighted by molar-refractivity contribution is -0.139. The van der Waals surface area contributed by atoms with E-state index in [2.05, 4.69) is 4.98 Å². The van der Waals surface area contributed by atoms with Crippen molar-refractivity contribution in [2.45, 2.75) is 51.1 Å². The van der Waals surface area contributed by atoms with Crippen LogP contribution in [0.15, 0.2) is 23.0 Å². The Morgan fingerprint density at radius 1 is 1.19 bits per heavy atom. The molecule has 31 heavy (non-hydrogen) atoms. The highest BCUT2D eigenvalue weighted by Gasteiger charge is 2.33. The topological polar surface area (TPSA) is 69.3 Å². The average molecular weight is 428 g/mol. The summed E-state index contributed by atoms with van der Waals surface area (Å²) in [6, 6.07) is 4.23. The monoisotopic (exact) mass is 428 g/mol. The summed E-state index contributed by atoms with van der Waals surface area (Å²) >= 11 is 0. The maximum absolute atomic E-state index is 14.0. The minimum absolute atomic E-state index is 0.0207. The van der Waals surface area contributed by atoms with Gasteiger partial charge in [0.05, 0.1) is 12.2 Å². The highest BCUT2D eigenvalue weighted by atomic mass is 19.2. The predicted molar refractivity (Wildman–Crippen MR) is 110 cm³/mol. The number of carbonyl (C=O) groups is 1. The summed E-state index contributed by atoms with van der Waals surface area (Å²) in [6.45, 7) is 2.62. The van der Waals surface area contributed by atoms with Gasteiger partial charge in [-0.3, -0.25) is 14.5 Å². The van der Waals surface area contributed by atoms with Crippen molar-refractivity contribution in [3.05, 3.63) is 62.8 Å². The number of halogens is 2. The molecule has 3 heterocycles. The number of rotatable bonds is 4. The van der Waals surface area contributed by atoms with E-state index in [1.807, 2.05) is 9.80 Å². The van der Waals surface area contributed by atoms with E-state index < -0.39 is 11.6 Å². The Bertz CT molecular complexity index is 1070. The van der Waals surface area contributed by atoms with Crippen LogP contribution in [-0.4, -0.2) is 45.3 Å². The molecule has 1 amide bonds. The molecule has 0 bridgehead atoms. The molecule has 3 aliphatic rings. The second-order valence-corrected chi connectivity index (χ2v) is 8.95. The number of hydrogen-bond donors (Lipinski definition) is 1. The maximum atomic E-state index is 14.0. The summed E-state index contributed by atoms with van der Waals surface area (Å²) in [5.74, 6) is -0.673. The second kappa shape index (κ2) is 8.15. The fourth-order valence-electron chi connectivity index (χ4n) is 4.86. The lowest BCUT2D eigenvalue weighted by atomic mass is 9.84. The molecule has 0 unspecified atom stereocenters. The maximum Gasteiger partial charge on any atom is 0.254 e. The molecule has 1 aromatic heterocycles. The van der Waals surface area contributed by atoms with Crippen LogP contribution in [0.3, 0.4) is 0 Å². The quantitative estimate of drug-likeness (QED) is 0.813. The standard InChI is InChI=1S/C23H26F2N4O2/c24-18-6-2-5-15(20(18)25)11-28-9-7-16(12-28)21-26-19-13-29(23(31)14-3-1-4-14)10-8-17(19)22(30)27-21/h2,5-6,14,16H,1,3-4,7-13H2,(H,26,27,30)/t16-/m1/s1. The molecule has 0 radical (unpaired) electrons. The van der Waals surface area contributed by atoms with Gasteiger partial charge < -0.3 is 9.88 Å². The molecule has 0 spiro atoms. The number of likely N-dealkylation sites (tertiary alicyclic amines) is 1. The minimum Gasteiger partial charge on any atom is -0.336 e. The van der Waals surface area contributed by atoms with Gasteiger partial charge in [0, 0.05) is 42.6 Å². The minimum atomic E-state index is -0.838. The van der Waals surface area contributed by atoms with Crippen molar-refractivity contribution < 1.29 is 13.6 Å². The second-order valence-electron chi connectivity index (χ2n) is 8.95. The van der Waals surface area contributed by atoms with Crippen LogP contribution >= 0.6 is 0 Å². The Labute approximate surface area is 179 Å².